The van der Waals surface area contributed by atoms with E-state index < -0.39 is 0 Å². The van der Waals surface area contributed by atoms with Gasteiger partial charge in [0.15, 0.2) is 12.3 Å². The maximum absolute atomic E-state index is 12.6. The molecule has 1 amide bonds. The van der Waals surface area contributed by atoms with E-state index in [0.29, 0.717) is 11.5 Å². The van der Waals surface area contributed by atoms with Crippen LogP contribution in [0.5, 0.6) is 5.88 Å². The molecule has 34 heavy (non-hydrogen) atoms. The van der Waals surface area contributed by atoms with Gasteiger partial charge in [-0.1, -0.05) is 66.7 Å². The molecule has 168 valence electrons. The molecule has 0 unspecified atom stereocenters. The van der Waals surface area contributed by atoms with Gasteiger partial charge in [-0.3, -0.25) is 4.79 Å². The summed E-state index contributed by atoms with van der Waals surface area (Å²) in [6.07, 6.45) is 0. The third-order valence-electron chi connectivity index (χ3n) is 5.65. The molecule has 0 aliphatic heterocycles. The Bertz CT molecular complexity index is 1460. The van der Waals surface area contributed by atoms with E-state index in [-0.39, 0.29) is 12.5 Å². The molecule has 0 aliphatic carbocycles. The molecule has 0 radical (unpaired) electrons. The van der Waals surface area contributed by atoms with Crippen molar-refractivity contribution in [3.8, 4) is 22.7 Å². The fourth-order valence-corrected chi connectivity index (χ4v) is 3.97. The maximum atomic E-state index is 12.6. The second kappa shape index (κ2) is 9.19. The van der Waals surface area contributed by atoms with Crippen molar-refractivity contribution in [3.63, 3.8) is 0 Å². The molecule has 6 heteroatoms. The van der Waals surface area contributed by atoms with Crippen LogP contribution < -0.4 is 10.1 Å². The van der Waals surface area contributed by atoms with Gasteiger partial charge in [0.25, 0.3) is 5.91 Å². The van der Waals surface area contributed by atoms with E-state index in [2.05, 4.69) is 5.32 Å². The summed E-state index contributed by atoms with van der Waals surface area (Å²) in [6.45, 7) is 3.77. The molecule has 0 spiro atoms. The molecule has 0 aliphatic rings. The molecular formula is C28H24N4O2. The van der Waals surface area contributed by atoms with E-state index in [9.17, 15) is 4.79 Å². The Morgan fingerprint density at radius 3 is 2.32 bits per heavy atom. The predicted octanol–water partition coefficient (Wildman–Crippen LogP) is 5.72. The van der Waals surface area contributed by atoms with Crippen LogP contribution >= 0.6 is 0 Å². The number of aromatic nitrogens is 3. The van der Waals surface area contributed by atoms with Gasteiger partial charge in [0, 0.05) is 11.8 Å². The second-order valence-electron chi connectivity index (χ2n) is 8.06. The number of nitrogens with one attached hydrogen (secondary N) is 1. The smallest absolute Gasteiger partial charge is 0.262 e. The van der Waals surface area contributed by atoms with Gasteiger partial charge in [0.1, 0.15) is 0 Å². The van der Waals surface area contributed by atoms with Crippen molar-refractivity contribution in [3.05, 3.63) is 102 Å². The minimum Gasteiger partial charge on any atom is -0.467 e. The fourth-order valence-electron chi connectivity index (χ4n) is 3.97. The number of ether oxygens (including phenoxy) is 1. The van der Waals surface area contributed by atoms with Crippen molar-refractivity contribution < 1.29 is 9.53 Å². The standard InChI is InChI=1S/C28H24N4O2/c1-19-11-9-10-16-24(19)29-25(33)18-34-26-17-23(21-12-5-3-6-13-21)27-20(2)31-32(28(27)30-26)22-14-7-4-8-15-22/h3-17H,18H2,1-2H3,(H,29,33). The summed E-state index contributed by atoms with van der Waals surface area (Å²) in [7, 11) is 0. The van der Waals surface area contributed by atoms with Crippen LogP contribution in [-0.4, -0.2) is 27.3 Å². The monoisotopic (exact) mass is 448 g/mol. The minimum atomic E-state index is -0.245. The minimum absolute atomic E-state index is 0.153. The first-order valence-electron chi connectivity index (χ1n) is 11.1. The number of carbonyl (C=O) groups excluding carboxylic acids is 1. The number of benzene rings is 3. The zero-order chi connectivity index (χ0) is 23.5. The van der Waals surface area contributed by atoms with E-state index in [4.69, 9.17) is 14.8 Å². The third-order valence-corrected chi connectivity index (χ3v) is 5.65. The lowest BCUT2D eigenvalue weighted by Crippen LogP contribution is -2.21. The summed E-state index contributed by atoms with van der Waals surface area (Å²) < 4.78 is 7.70. The number of para-hydroxylation sites is 2. The first kappa shape index (κ1) is 21.4. The SMILES string of the molecule is Cc1ccccc1NC(=O)COc1cc(-c2ccccc2)c2c(C)nn(-c3ccccc3)c2n1. The molecule has 6 nitrogen and oxygen atoms in total. The summed E-state index contributed by atoms with van der Waals surface area (Å²) in [5.74, 6) is 0.119. The molecule has 2 heterocycles. The summed E-state index contributed by atoms with van der Waals surface area (Å²) >= 11 is 0. The van der Waals surface area contributed by atoms with Gasteiger partial charge in [0.2, 0.25) is 5.88 Å². The van der Waals surface area contributed by atoms with Crippen LogP contribution in [0.4, 0.5) is 5.69 Å². The van der Waals surface area contributed by atoms with Crippen molar-refractivity contribution >= 4 is 22.6 Å². The van der Waals surface area contributed by atoms with Crippen molar-refractivity contribution in [2.24, 2.45) is 0 Å². The van der Waals surface area contributed by atoms with Gasteiger partial charge in [0.05, 0.1) is 16.8 Å². The van der Waals surface area contributed by atoms with Crippen LogP contribution in [0.25, 0.3) is 27.8 Å². The zero-order valence-electron chi connectivity index (χ0n) is 19.0. The lowest BCUT2D eigenvalue weighted by atomic mass is 10.0. The van der Waals surface area contributed by atoms with Crippen molar-refractivity contribution in [1.29, 1.82) is 0 Å². The number of aryl methyl sites for hydroxylation is 2. The molecule has 1 N–H and O–H groups in total. The van der Waals surface area contributed by atoms with Gasteiger partial charge in [-0.15, -0.1) is 0 Å². The highest BCUT2D eigenvalue weighted by atomic mass is 16.5. The largest absolute Gasteiger partial charge is 0.467 e. The fraction of sp³-hybridized carbons (Fsp3) is 0.107. The number of carbonyl (C=O) groups is 1. The van der Waals surface area contributed by atoms with Gasteiger partial charge < -0.3 is 10.1 Å². The summed E-state index contributed by atoms with van der Waals surface area (Å²) in [5, 5.41) is 8.61. The van der Waals surface area contributed by atoms with E-state index in [1.807, 2.05) is 110 Å². The van der Waals surface area contributed by atoms with Crippen molar-refractivity contribution in [2.75, 3.05) is 11.9 Å². The number of fused-ring (bicyclic) bond motifs is 1. The second-order valence-corrected chi connectivity index (χ2v) is 8.06. The summed E-state index contributed by atoms with van der Waals surface area (Å²) in [6, 6.07) is 29.4. The molecule has 0 saturated heterocycles. The van der Waals surface area contributed by atoms with E-state index in [0.717, 1.165) is 39.1 Å². The maximum Gasteiger partial charge on any atom is 0.262 e. The molecule has 0 fully saturated rings. The summed E-state index contributed by atoms with van der Waals surface area (Å²) in [4.78, 5) is 17.3. The first-order valence-corrected chi connectivity index (χ1v) is 11.1. The Morgan fingerprint density at radius 1 is 0.912 bits per heavy atom. The van der Waals surface area contributed by atoms with Gasteiger partial charge >= 0.3 is 0 Å². The average Bonchev–Trinajstić information content (AvgIpc) is 3.21. The van der Waals surface area contributed by atoms with Crippen molar-refractivity contribution in [1.82, 2.24) is 14.8 Å². The highest BCUT2D eigenvalue weighted by Crippen LogP contribution is 2.34. The number of hydrogen-bond acceptors (Lipinski definition) is 4. The number of pyridine rings is 1. The highest BCUT2D eigenvalue weighted by Gasteiger charge is 2.18. The molecule has 0 bridgehead atoms. The predicted molar refractivity (Wildman–Crippen MR) is 134 cm³/mol. The van der Waals surface area contributed by atoms with Gasteiger partial charge in [-0.05, 0) is 48.7 Å². The number of rotatable bonds is 6. The van der Waals surface area contributed by atoms with Crippen LogP contribution in [0.3, 0.4) is 0 Å². The van der Waals surface area contributed by atoms with E-state index in [1.165, 1.54) is 0 Å². The molecule has 5 rings (SSSR count). The van der Waals surface area contributed by atoms with Crippen LogP contribution in [-0.2, 0) is 4.79 Å². The lowest BCUT2D eigenvalue weighted by Gasteiger charge is -2.11. The van der Waals surface area contributed by atoms with Crippen LogP contribution in [0.15, 0.2) is 91.0 Å². The Kier molecular flexibility index (Phi) is 5.79. The first-order chi connectivity index (χ1) is 16.6. The quantitative estimate of drug-likeness (QED) is 0.361. The Balaban J connectivity index is 1.53. The van der Waals surface area contributed by atoms with E-state index >= 15 is 0 Å². The number of anilines is 1. The third kappa shape index (κ3) is 4.26. The van der Waals surface area contributed by atoms with Gasteiger partial charge in [-0.25, -0.2) is 4.68 Å². The average molecular weight is 449 g/mol. The number of amides is 1. The number of nitrogens with zero attached hydrogens (tertiary/aromatic N) is 3. The van der Waals surface area contributed by atoms with Crippen LogP contribution in [0, 0.1) is 13.8 Å². The lowest BCUT2D eigenvalue weighted by molar-refractivity contribution is -0.118. The highest BCUT2D eigenvalue weighted by molar-refractivity contribution is 5.96. The molecule has 3 aromatic carbocycles. The Hall–Kier alpha value is -4.45. The molecule has 0 atom stereocenters. The van der Waals surface area contributed by atoms with Crippen molar-refractivity contribution in [2.45, 2.75) is 13.8 Å². The molecule has 0 saturated carbocycles. The molecule has 2 aromatic heterocycles. The molecule has 5 aromatic rings. The molecular weight excluding hydrogens is 424 g/mol. The summed E-state index contributed by atoms with van der Waals surface area (Å²) in [5.41, 5.74) is 6.20. The number of hydrogen-bond donors (Lipinski definition) is 1. The van der Waals surface area contributed by atoms with E-state index in [1.54, 1.807) is 0 Å². The van der Waals surface area contributed by atoms with Crippen LogP contribution in [0.2, 0.25) is 0 Å². The van der Waals surface area contributed by atoms with Crippen LogP contribution in [0.1, 0.15) is 11.3 Å². The normalized spacial score (nSPS) is 10.9. The Labute approximate surface area is 197 Å². The topological polar surface area (TPSA) is 69.0 Å². The Morgan fingerprint density at radius 2 is 1.59 bits per heavy atom. The zero-order valence-corrected chi connectivity index (χ0v) is 19.0. The van der Waals surface area contributed by atoms with Gasteiger partial charge in [-0.2, -0.15) is 10.1 Å².